The van der Waals surface area contributed by atoms with Crippen molar-refractivity contribution in [1.29, 1.82) is 0 Å². The molecule has 20 heavy (non-hydrogen) atoms. The van der Waals surface area contributed by atoms with Crippen LogP contribution in [0.1, 0.15) is 26.2 Å². The van der Waals surface area contributed by atoms with Gasteiger partial charge in [0.15, 0.2) is 0 Å². The Bertz CT molecular complexity index is 407. The van der Waals surface area contributed by atoms with Crippen LogP contribution < -0.4 is 0 Å². The van der Waals surface area contributed by atoms with Gasteiger partial charge < -0.3 is 9.47 Å². The third kappa shape index (κ3) is 4.72. The highest BCUT2D eigenvalue weighted by Crippen LogP contribution is 2.34. The van der Waals surface area contributed by atoms with Crippen molar-refractivity contribution in [2.75, 3.05) is 0 Å². The molecule has 0 aliphatic carbocycles. The van der Waals surface area contributed by atoms with E-state index in [1.807, 2.05) is 13.0 Å². The molecule has 1 fully saturated rings. The maximum absolute atomic E-state index is 6.44. The Morgan fingerprint density at radius 2 is 2.10 bits per heavy atom. The molecule has 0 aromatic carbocycles. The Hall–Kier alpha value is 0.430. The first-order valence-corrected chi connectivity index (χ1v) is 9.14. The number of hydrogen-bond donors (Lipinski definition) is 0. The standard InChI is InChI=1S/C15H19Br2ClO2/c1-10-4-2-6-12(17)14-9-13(18)15(20-14)8-11(19-10)5-3-7-16/h2,4-5,7,10-15H,6,8-9H2,1H3. The number of ether oxygens (including phenoxy) is 2. The van der Waals surface area contributed by atoms with Gasteiger partial charge in [0.05, 0.1) is 29.8 Å². The van der Waals surface area contributed by atoms with E-state index in [4.69, 9.17) is 21.1 Å². The normalized spacial score (nSPS) is 41.6. The molecule has 0 amide bonds. The van der Waals surface area contributed by atoms with Crippen LogP contribution >= 0.6 is 43.5 Å². The second-order valence-corrected chi connectivity index (χ2v) is 7.40. The van der Waals surface area contributed by atoms with Crippen molar-refractivity contribution < 1.29 is 9.47 Å². The highest BCUT2D eigenvalue weighted by molar-refractivity contribution is 9.11. The molecular formula is C15H19Br2ClO2. The van der Waals surface area contributed by atoms with E-state index in [-0.39, 0.29) is 29.8 Å². The van der Waals surface area contributed by atoms with Crippen molar-refractivity contribution in [2.24, 2.45) is 0 Å². The predicted molar refractivity (Wildman–Crippen MR) is 89.9 cm³/mol. The first-order chi connectivity index (χ1) is 9.60. The largest absolute Gasteiger partial charge is 0.372 e. The van der Waals surface area contributed by atoms with Crippen LogP contribution in [-0.4, -0.2) is 34.6 Å². The van der Waals surface area contributed by atoms with E-state index in [1.54, 1.807) is 4.99 Å². The number of allylic oxidation sites excluding steroid dienone is 1. The van der Waals surface area contributed by atoms with Crippen molar-refractivity contribution in [3.05, 3.63) is 28.9 Å². The molecule has 5 heteroatoms. The average Bonchev–Trinajstić information content (AvgIpc) is 2.75. The second kappa shape index (κ2) is 8.17. The Morgan fingerprint density at radius 3 is 2.85 bits per heavy atom. The summed E-state index contributed by atoms with van der Waals surface area (Å²) in [5, 5.41) is 0.0474. The van der Waals surface area contributed by atoms with Crippen molar-refractivity contribution >= 4 is 43.5 Å². The molecule has 0 spiro atoms. The van der Waals surface area contributed by atoms with Crippen LogP contribution in [0.2, 0.25) is 0 Å². The molecule has 2 nitrogen and oxygen atoms in total. The molecule has 0 N–H and O–H groups in total. The van der Waals surface area contributed by atoms with Crippen LogP contribution in [0.5, 0.6) is 0 Å². The summed E-state index contributed by atoms with van der Waals surface area (Å²) in [6, 6.07) is 0. The van der Waals surface area contributed by atoms with Crippen LogP contribution in [-0.2, 0) is 9.47 Å². The van der Waals surface area contributed by atoms with Gasteiger partial charge in [0, 0.05) is 16.2 Å². The van der Waals surface area contributed by atoms with Gasteiger partial charge in [0.2, 0.25) is 0 Å². The highest BCUT2D eigenvalue weighted by atomic mass is 79.9. The summed E-state index contributed by atoms with van der Waals surface area (Å²) in [5.41, 5.74) is 3.03. The summed E-state index contributed by atoms with van der Waals surface area (Å²) in [7, 11) is 0. The zero-order valence-electron chi connectivity index (χ0n) is 11.3. The van der Waals surface area contributed by atoms with E-state index in [9.17, 15) is 0 Å². The quantitative estimate of drug-likeness (QED) is 0.344. The molecule has 2 bridgehead atoms. The lowest BCUT2D eigenvalue weighted by atomic mass is 10.0. The third-order valence-electron chi connectivity index (χ3n) is 3.58. The van der Waals surface area contributed by atoms with E-state index in [1.165, 1.54) is 0 Å². The monoisotopic (exact) mass is 424 g/mol. The fraction of sp³-hybridized carbons (Fsp3) is 0.667. The van der Waals surface area contributed by atoms with Crippen LogP contribution in [0.4, 0.5) is 0 Å². The average molecular weight is 427 g/mol. The molecule has 0 aromatic heterocycles. The topological polar surface area (TPSA) is 18.5 Å². The maximum atomic E-state index is 6.44. The van der Waals surface area contributed by atoms with Crippen molar-refractivity contribution in [2.45, 2.75) is 60.8 Å². The molecule has 6 atom stereocenters. The molecule has 0 saturated carbocycles. The third-order valence-corrected chi connectivity index (χ3v) is 5.27. The highest BCUT2D eigenvalue weighted by Gasteiger charge is 2.38. The molecule has 2 rings (SSSR count). The smallest absolute Gasteiger partial charge is 0.0862 e. The SMILES string of the molecule is CC1C=CCC(Br)C2CC(Cl)C(CC(C=C=CBr)O1)O2. The van der Waals surface area contributed by atoms with Gasteiger partial charge in [-0.3, -0.25) is 0 Å². The van der Waals surface area contributed by atoms with Gasteiger partial charge >= 0.3 is 0 Å². The zero-order chi connectivity index (χ0) is 14.5. The zero-order valence-corrected chi connectivity index (χ0v) is 15.3. The van der Waals surface area contributed by atoms with Gasteiger partial charge in [-0.15, -0.1) is 17.3 Å². The Balaban J connectivity index is 2.16. The molecule has 2 aliphatic heterocycles. The summed E-state index contributed by atoms with van der Waals surface area (Å²) in [4.78, 5) is 2.01. The fourth-order valence-electron chi connectivity index (χ4n) is 2.58. The minimum Gasteiger partial charge on any atom is -0.372 e. The van der Waals surface area contributed by atoms with Crippen LogP contribution in [0.3, 0.4) is 0 Å². The fourth-order valence-corrected chi connectivity index (χ4v) is 3.63. The summed E-state index contributed by atoms with van der Waals surface area (Å²) in [5.74, 6) is 0. The molecule has 1 saturated heterocycles. The van der Waals surface area contributed by atoms with Gasteiger partial charge in [0.25, 0.3) is 0 Å². The van der Waals surface area contributed by atoms with E-state index in [0.29, 0.717) is 4.83 Å². The Kier molecular flexibility index (Phi) is 6.86. The van der Waals surface area contributed by atoms with Crippen LogP contribution in [0.15, 0.2) is 28.9 Å². The number of alkyl halides is 2. The summed E-state index contributed by atoms with van der Waals surface area (Å²) in [6.07, 6.45) is 8.98. The molecule has 2 aliphatic rings. The minimum absolute atomic E-state index is 0.0328. The molecule has 2 heterocycles. The number of fused-ring (bicyclic) bond motifs is 2. The number of hydrogen-bond acceptors (Lipinski definition) is 2. The molecule has 6 unspecified atom stereocenters. The van der Waals surface area contributed by atoms with Gasteiger partial charge in [-0.1, -0.05) is 44.0 Å². The summed E-state index contributed by atoms with van der Waals surface area (Å²) >= 11 is 13.4. The van der Waals surface area contributed by atoms with Crippen LogP contribution in [0.25, 0.3) is 0 Å². The lowest BCUT2D eigenvalue weighted by Gasteiger charge is -2.22. The van der Waals surface area contributed by atoms with Gasteiger partial charge in [-0.25, -0.2) is 0 Å². The van der Waals surface area contributed by atoms with Gasteiger partial charge in [-0.2, -0.15) is 0 Å². The van der Waals surface area contributed by atoms with Crippen molar-refractivity contribution in [3.63, 3.8) is 0 Å². The lowest BCUT2D eigenvalue weighted by molar-refractivity contribution is -0.00956. The number of rotatable bonds is 1. The molecule has 0 radical (unpaired) electrons. The minimum atomic E-state index is -0.0414. The second-order valence-electron chi connectivity index (χ2n) is 5.20. The summed E-state index contributed by atoms with van der Waals surface area (Å²) < 4.78 is 12.1. The van der Waals surface area contributed by atoms with Gasteiger partial charge in [0.1, 0.15) is 0 Å². The number of halogens is 3. The Morgan fingerprint density at radius 1 is 1.30 bits per heavy atom. The molecule has 0 aromatic rings. The van der Waals surface area contributed by atoms with Crippen molar-refractivity contribution in [3.8, 4) is 0 Å². The van der Waals surface area contributed by atoms with Gasteiger partial charge in [-0.05, 0) is 25.8 Å². The summed E-state index contributed by atoms with van der Waals surface area (Å²) in [6.45, 7) is 2.05. The van der Waals surface area contributed by atoms with Crippen LogP contribution in [0, 0.1) is 0 Å². The lowest BCUT2D eigenvalue weighted by Crippen LogP contribution is -2.27. The maximum Gasteiger partial charge on any atom is 0.0862 e. The molecule has 112 valence electrons. The first kappa shape index (κ1) is 16.8. The Labute approximate surface area is 142 Å². The van der Waals surface area contributed by atoms with E-state index in [0.717, 1.165) is 19.3 Å². The predicted octanol–water partition coefficient (Wildman–Crippen LogP) is 4.70. The molecular weight excluding hydrogens is 407 g/mol. The first-order valence-electron chi connectivity index (χ1n) is 6.87. The van der Waals surface area contributed by atoms with E-state index >= 15 is 0 Å². The van der Waals surface area contributed by atoms with E-state index < -0.39 is 0 Å². The van der Waals surface area contributed by atoms with Crippen molar-refractivity contribution in [1.82, 2.24) is 0 Å². The van der Waals surface area contributed by atoms with E-state index in [2.05, 4.69) is 49.7 Å².